The summed E-state index contributed by atoms with van der Waals surface area (Å²) in [4.78, 5) is 0. The average Bonchev–Trinajstić information content (AvgIpc) is 2.37. The fourth-order valence-corrected chi connectivity index (χ4v) is 2.16. The van der Waals surface area contributed by atoms with Gasteiger partial charge in [0.1, 0.15) is 11.6 Å². The predicted octanol–water partition coefficient (Wildman–Crippen LogP) is 4.58. The Balaban J connectivity index is 2.02. The number of nitrogens with one attached hydrogen (secondary N) is 1. The van der Waals surface area contributed by atoms with Crippen molar-refractivity contribution in [3.05, 3.63) is 69.7 Å². The van der Waals surface area contributed by atoms with Gasteiger partial charge in [0.2, 0.25) is 0 Å². The van der Waals surface area contributed by atoms with Gasteiger partial charge in [-0.05, 0) is 36.8 Å². The molecular formula is C15H14BrF2N. The molecule has 1 unspecified atom stereocenters. The van der Waals surface area contributed by atoms with Gasteiger partial charge >= 0.3 is 0 Å². The van der Waals surface area contributed by atoms with Gasteiger partial charge in [0, 0.05) is 22.6 Å². The molecule has 2 aromatic rings. The van der Waals surface area contributed by atoms with Crippen LogP contribution in [0.2, 0.25) is 0 Å². The fourth-order valence-electron chi connectivity index (χ4n) is 1.82. The Morgan fingerprint density at radius 1 is 1.16 bits per heavy atom. The SMILES string of the molecule is CC(NCc1ccc(Br)cc1F)c1cccc(F)c1. The highest BCUT2D eigenvalue weighted by Gasteiger charge is 2.08. The van der Waals surface area contributed by atoms with Gasteiger partial charge in [-0.3, -0.25) is 0 Å². The van der Waals surface area contributed by atoms with Gasteiger partial charge < -0.3 is 5.32 Å². The van der Waals surface area contributed by atoms with Crippen LogP contribution in [0, 0.1) is 11.6 Å². The lowest BCUT2D eigenvalue weighted by Gasteiger charge is -2.14. The van der Waals surface area contributed by atoms with E-state index < -0.39 is 0 Å². The zero-order chi connectivity index (χ0) is 13.8. The van der Waals surface area contributed by atoms with Crippen molar-refractivity contribution in [3.8, 4) is 0 Å². The summed E-state index contributed by atoms with van der Waals surface area (Å²) in [6, 6.07) is 11.3. The van der Waals surface area contributed by atoms with Crippen molar-refractivity contribution in [2.45, 2.75) is 19.5 Å². The number of hydrogen-bond acceptors (Lipinski definition) is 1. The third kappa shape index (κ3) is 3.85. The smallest absolute Gasteiger partial charge is 0.128 e. The van der Waals surface area contributed by atoms with Crippen molar-refractivity contribution in [3.63, 3.8) is 0 Å². The highest BCUT2D eigenvalue weighted by atomic mass is 79.9. The van der Waals surface area contributed by atoms with Crippen LogP contribution in [0.15, 0.2) is 46.9 Å². The molecule has 0 aliphatic heterocycles. The van der Waals surface area contributed by atoms with Crippen LogP contribution in [-0.2, 0) is 6.54 Å². The molecular weight excluding hydrogens is 312 g/mol. The molecule has 4 heteroatoms. The molecule has 1 N–H and O–H groups in total. The lowest BCUT2D eigenvalue weighted by Crippen LogP contribution is -2.18. The van der Waals surface area contributed by atoms with Gasteiger partial charge in [0.25, 0.3) is 0 Å². The summed E-state index contributed by atoms with van der Waals surface area (Å²) in [5.41, 5.74) is 1.43. The molecule has 100 valence electrons. The number of rotatable bonds is 4. The molecule has 1 nitrogen and oxygen atoms in total. The molecule has 1 atom stereocenters. The molecule has 0 bridgehead atoms. The van der Waals surface area contributed by atoms with Crippen molar-refractivity contribution in [1.29, 1.82) is 0 Å². The molecule has 0 radical (unpaired) electrons. The van der Waals surface area contributed by atoms with E-state index in [1.807, 2.05) is 13.0 Å². The number of benzene rings is 2. The molecule has 0 aliphatic rings. The Kier molecular flexibility index (Phi) is 4.66. The lowest BCUT2D eigenvalue weighted by atomic mass is 10.1. The minimum Gasteiger partial charge on any atom is -0.306 e. The molecule has 0 saturated heterocycles. The summed E-state index contributed by atoms with van der Waals surface area (Å²) >= 11 is 3.22. The van der Waals surface area contributed by atoms with Crippen LogP contribution in [-0.4, -0.2) is 0 Å². The molecule has 0 amide bonds. The van der Waals surface area contributed by atoms with Crippen molar-refractivity contribution in [2.24, 2.45) is 0 Å². The van der Waals surface area contributed by atoms with Gasteiger partial charge in [0.05, 0.1) is 0 Å². The van der Waals surface area contributed by atoms with Gasteiger partial charge in [-0.1, -0.05) is 34.1 Å². The van der Waals surface area contributed by atoms with Crippen molar-refractivity contribution in [1.82, 2.24) is 5.32 Å². The molecule has 0 aromatic heterocycles. The van der Waals surface area contributed by atoms with Gasteiger partial charge in [0.15, 0.2) is 0 Å². The first-order chi connectivity index (χ1) is 9.06. The van der Waals surface area contributed by atoms with Gasteiger partial charge in [-0.15, -0.1) is 0 Å². The Hall–Kier alpha value is -1.26. The Morgan fingerprint density at radius 3 is 2.63 bits per heavy atom. The predicted molar refractivity (Wildman–Crippen MR) is 75.8 cm³/mol. The van der Waals surface area contributed by atoms with Crippen LogP contribution < -0.4 is 5.32 Å². The summed E-state index contributed by atoms with van der Waals surface area (Å²) in [6.07, 6.45) is 0. The Bertz CT molecular complexity index is 572. The second-order valence-electron chi connectivity index (χ2n) is 4.39. The van der Waals surface area contributed by atoms with Gasteiger partial charge in [-0.25, -0.2) is 8.78 Å². The van der Waals surface area contributed by atoms with E-state index >= 15 is 0 Å². The summed E-state index contributed by atoms with van der Waals surface area (Å²) in [5, 5.41) is 3.18. The van der Waals surface area contributed by atoms with Crippen molar-refractivity contribution < 1.29 is 8.78 Å². The minimum absolute atomic E-state index is 0.0428. The van der Waals surface area contributed by atoms with E-state index in [1.54, 1.807) is 18.2 Å². The van der Waals surface area contributed by atoms with Gasteiger partial charge in [-0.2, -0.15) is 0 Å². The third-order valence-electron chi connectivity index (χ3n) is 2.96. The first kappa shape index (κ1) is 14.2. The van der Waals surface area contributed by atoms with E-state index in [2.05, 4.69) is 21.2 Å². The minimum atomic E-state index is -0.263. The Labute approximate surface area is 119 Å². The largest absolute Gasteiger partial charge is 0.306 e. The Morgan fingerprint density at radius 2 is 1.95 bits per heavy atom. The van der Waals surface area contributed by atoms with Crippen LogP contribution in [0.4, 0.5) is 8.78 Å². The summed E-state index contributed by atoms with van der Waals surface area (Å²) < 4.78 is 27.5. The monoisotopic (exact) mass is 325 g/mol. The van der Waals surface area contributed by atoms with E-state index in [-0.39, 0.29) is 17.7 Å². The molecule has 0 fully saturated rings. The standard InChI is InChI=1S/C15H14BrF2N/c1-10(11-3-2-4-14(17)7-11)19-9-12-5-6-13(16)8-15(12)18/h2-8,10,19H,9H2,1H3. The van der Waals surface area contributed by atoms with E-state index in [0.29, 0.717) is 16.6 Å². The maximum Gasteiger partial charge on any atom is 0.128 e. The van der Waals surface area contributed by atoms with E-state index in [4.69, 9.17) is 0 Å². The molecule has 2 aromatic carbocycles. The molecule has 0 aliphatic carbocycles. The second kappa shape index (κ2) is 6.26. The van der Waals surface area contributed by atoms with Crippen molar-refractivity contribution in [2.75, 3.05) is 0 Å². The summed E-state index contributed by atoms with van der Waals surface area (Å²) in [5.74, 6) is -0.519. The zero-order valence-electron chi connectivity index (χ0n) is 10.5. The quantitative estimate of drug-likeness (QED) is 0.867. The first-order valence-electron chi connectivity index (χ1n) is 5.99. The van der Waals surface area contributed by atoms with E-state index in [0.717, 1.165) is 5.56 Å². The van der Waals surface area contributed by atoms with Crippen LogP contribution in [0.5, 0.6) is 0 Å². The topological polar surface area (TPSA) is 12.0 Å². The van der Waals surface area contributed by atoms with E-state index in [1.165, 1.54) is 18.2 Å². The van der Waals surface area contributed by atoms with Crippen molar-refractivity contribution >= 4 is 15.9 Å². The molecule has 0 spiro atoms. The molecule has 19 heavy (non-hydrogen) atoms. The molecule has 0 saturated carbocycles. The maximum absolute atomic E-state index is 13.6. The van der Waals surface area contributed by atoms with Crippen LogP contribution in [0.25, 0.3) is 0 Å². The number of halogens is 3. The highest BCUT2D eigenvalue weighted by Crippen LogP contribution is 2.17. The maximum atomic E-state index is 13.6. The molecule has 2 rings (SSSR count). The van der Waals surface area contributed by atoms with Crippen LogP contribution in [0.1, 0.15) is 24.1 Å². The molecule has 0 heterocycles. The van der Waals surface area contributed by atoms with Crippen LogP contribution in [0.3, 0.4) is 0 Å². The summed E-state index contributed by atoms with van der Waals surface area (Å²) in [7, 11) is 0. The number of hydrogen-bond donors (Lipinski definition) is 1. The van der Waals surface area contributed by atoms with Crippen LogP contribution >= 0.6 is 15.9 Å². The normalized spacial score (nSPS) is 12.4. The van der Waals surface area contributed by atoms with E-state index in [9.17, 15) is 8.78 Å². The summed E-state index contributed by atoms with van der Waals surface area (Å²) in [6.45, 7) is 2.32. The zero-order valence-corrected chi connectivity index (χ0v) is 12.0. The second-order valence-corrected chi connectivity index (χ2v) is 5.31. The fraction of sp³-hybridized carbons (Fsp3) is 0.200. The average molecular weight is 326 g/mol. The highest BCUT2D eigenvalue weighted by molar-refractivity contribution is 9.10. The third-order valence-corrected chi connectivity index (χ3v) is 3.46. The first-order valence-corrected chi connectivity index (χ1v) is 6.78. The lowest BCUT2D eigenvalue weighted by molar-refractivity contribution is 0.539.